The number of urea groups is 1. The van der Waals surface area contributed by atoms with E-state index in [-0.39, 0.29) is 19.0 Å². The zero-order chi connectivity index (χ0) is 23.2. The summed E-state index contributed by atoms with van der Waals surface area (Å²) < 4.78 is 11.1. The fourth-order valence-corrected chi connectivity index (χ4v) is 4.08. The summed E-state index contributed by atoms with van der Waals surface area (Å²) in [6.45, 7) is 1.61. The van der Waals surface area contributed by atoms with Crippen molar-refractivity contribution in [2.45, 2.75) is 25.4 Å². The monoisotopic (exact) mass is 452 g/mol. The van der Waals surface area contributed by atoms with Gasteiger partial charge in [-0.15, -0.1) is 0 Å². The minimum atomic E-state index is -0.695. The Balaban J connectivity index is 1.39. The van der Waals surface area contributed by atoms with Gasteiger partial charge in [0.25, 0.3) is 5.91 Å². The van der Waals surface area contributed by atoms with Crippen molar-refractivity contribution in [3.63, 3.8) is 0 Å². The van der Waals surface area contributed by atoms with Crippen LogP contribution in [0.15, 0.2) is 48.5 Å². The molecule has 0 radical (unpaired) electrons. The molecule has 2 aliphatic heterocycles. The standard InChI is InChI=1S/C24H28N4O5/c1-32-18-11-9-17(10-12-18)25-24(31)26-22(29)16-28-15-21(23(30)27-13-5-2-6-14-27)33-20-8-4-3-7-19(20)28/h3-4,7-12,21H,2,5-6,13-16H2,1H3,(H2,25,26,29,31). The number of hydrogen-bond acceptors (Lipinski definition) is 6. The van der Waals surface area contributed by atoms with Gasteiger partial charge in [0.1, 0.15) is 11.5 Å². The number of nitrogens with one attached hydrogen (secondary N) is 2. The molecule has 4 amide bonds. The van der Waals surface area contributed by atoms with Crippen LogP contribution in [0.4, 0.5) is 16.2 Å². The minimum absolute atomic E-state index is 0.0631. The fourth-order valence-electron chi connectivity index (χ4n) is 4.08. The van der Waals surface area contributed by atoms with E-state index in [4.69, 9.17) is 9.47 Å². The van der Waals surface area contributed by atoms with E-state index in [1.807, 2.05) is 23.1 Å². The zero-order valence-corrected chi connectivity index (χ0v) is 18.6. The number of piperidine rings is 1. The number of amides is 4. The molecule has 1 unspecified atom stereocenters. The van der Waals surface area contributed by atoms with Crippen LogP contribution in [0.5, 0.6) is 11.5 Å². The molecule has 1 saturated heterocycles. The number of para-hydroxylation sites is 2. The Hall–Kier alpha value is -3.75. The molecule has 1 fully saturated rings. The van der Waals surface area contributed by atoms with Crippen LogP contribution in [0, 0.1) is 0 Å². The van der Waals surface area contributed by atoms with Gasteiger partial charge in [-0.25, -0.2) is 4.79 Å². The van der Waals surface area contributed by atoms with Crippen molar-refractivity contribution in [2.24, 2.45) is 0 Å². The number of fused-ring (bicyclic) bond motifs is 1. The highest BCUT2D eigenvalue weighted by Gasteiger charge is 2.34. The Kier molecular flexibility index (Phi) is 6.97. The van der Waals surface area contributed by atoms with Crippen LogP contribution in [0.2, 0.25) is 0 Å². The molecule has 0 saturated carbocycles. The maximum absolute atomic E-state index is 13.0. The smallest absolute Gasteiger partial charge is 0.325 e. The third kappa shape index (κ3) is 5.54. The number of nitrogens with zero attached hydrogens (tertiary/aromatic N) is 2. The molecule has 2 aromatic carbocycles. The van der Waals surface area contributed by atoms with E-state index in [1.165, 1.54) is 0 Å². The summed E-state index contributed by atoms with van der Waals surface area (Å²) in [5.41, 5.74) is 1.25. The molecule has 0 aromatic heterocycles. The van der Waals surface area contributed by atoms with Crippen molar-refractivity contribution in [3.8, 4) is 11.5 Å². The molecule has 4 rings (SSSR count). The summed E-state index contributed by atoms with van der Waals surface area (Å²) in [4.78, 5) is 41.5. The fraction of sp³-hybridized carbons (Fsp3) is 0.375. The Labute approximate surface area is 192 Å². The Morgan fingerprint density at radius 3 is 2.48 bits per heavy atom. The molecule has 9 heteroatoms. The van der Waals surface area contributed by atoms with Crippen molar-refractivity contribution < 1.29 is 23.9 Å². The molecule has 174 valence electrons. The first-order valence-electron chi connectivity index (χ1n) is 11.1. The molecule has 2 heterocycles. The molecule has 0 aliphatic carbocycles. The zero-order valence-electron chi connectivity index (χ0n) is 18.6. The lowest BCUT2D eigenvalue weighted by Gasteiger charge is -2.38. The number of rotatable bonds is 5. The predicted molar refractivity (Wildman–Crippen MR) is 124 cm³/mol. The summed E-state index contributed by atoms with van der Waals surface area (Å²) >= 11 is 0. The number of methoxy groups -OCH3 is 1. The van der Waals surface area contributed by atoms with Crippen LogP contribution in [-0.4, -0.2) is 62.1 Å². The Morgan fingerprint density at radius 1 is 1.03 bits per heavy atom. The Morgan fingerprint density at radius 2 is 1.76 bits per heavy atom. The van der Waals surface area contributed by atoms with E-state index >= 15 is 0 Å². The molecule has 9 nitrogen and oxygen atoms in total. The summed E-state index contributed by atoms with van der Waals surface area (Å²) in [5.74, 6) is 0.667. The van der Waals surface area contributed by atoms with Gasteiger partial charge in [0.2, 0.25) is 5.91 Å². The van der Waals surface area contributed by atoms with Crippen LogP contribution in [0.3, 0.4) is 0 Å². The lowest BCUT2D eigenvalue weighted by molar-refractivity contribution is -0.139. The lowest BCUT2D eigenvalue weighted by atomic mass is 10.1. The van der Waals surface area contributed by atoms with Crippen LogP contribution in [0.25, 0.3) is 0 Å². The molecule has 0 spiro atoms. The van der Waals surface area contributed by atoms with E-state index in [9.17, 15) is 14.4 Å². The van der Waals surface area contributed by atoms with Crippen LogP contribution < -0.4 is 25.0 Å². The highest BCUT2D eigenvalue weighted by Crippen LogP contribution is 2.33. The predicted octanol–water partition coefficient (Wildman–Crippen LogP) is 2.62. The summed E-state index contributed by atoms with van der Waals surface area (Å²) in [6, 6.07) is 13.4. The summed E-state index contributed by atoms with van der Waals surface area (Å²) in [6.07, 6.45) is 2.41. The second kappa shape index (κ2) is 10.2. The lowest BCUT2D eigenvalue weighted by Crippen LogP contribution is -2.53. The quantitative estimate of drug-likeness (QED) is 0.724. The van der Waals surface area contributed by atoms with Gasteiger partial charge in [0.05, 0.1) is 25.9 Å². The largest absolute Gasteiger partial charge is 0.497 e. The van der Waals surface area contributed by atoms with Gasteiger partial charge >= 0.3 is 6.03 Å². The van der Waals surface area contributed by atoms with Gasteiger partial charge in [-0.05, 0) is 55.7 Å². The second-order valence-electron chi connectivity index (χ2n) is 8.07. The van der Waals surface area contributed by atoms with E-state index in [1.54, 1.807) is 42.3 Å². The van der Waals surface area contributed by atoms with E-state index in [0.29, 0.717) is 22.9 Å². The van der Waals surface area contributed by atoms with Gasteiger partial charge in [0.15, 0.2) is 6.10 Å². The molecule has 2 aromatic rings. The SMILES string of the molecule is COc1ccc(NC(=O)NC(=O)CN2CC(C(=O)N3CCCCC3)Oc3ccccc32)cc1. The van der Waals surface area contributed by atoms with Crippen LogP contribution in [0.1, 0.15) is 19.3 Å². The molecular weight excluding hydrogens is 424 g/mol. The van der Waals surface area contributed by atoms with Crippen molar-refractivity contribution >= 4 is 29.2 Å². The molecule has 1 atom stereocenters. The number of hydrogen-bond donors (Lipinski definition) is 2. The minimum Gasteiger partial charge on any atom is -0.497 e. The molecule has 33 heavy (non-hydrogen) atoms. The maximum Gasteiger partial charge on any atom is 0.325 e. The number of imide groups is 1. The van der Waals surface area contributed by atoms with E-state index < -0.39 is 18.0 Å². The average molecular weight is 453 g/mol. The van der Waals surface area contributed by atoms with Gasteiger partial charge in [-0.1, -0.05) is 12.1 Å². The summed E-state index contributed by atoms with van der Waals surface area (Å²) in [7, 11) is 1.56. The number of anilines is 2. The summed E-state index contributed by atoms with van der Waals surface area (Å²) in [5, 5.41) is 4.96. The first-order chi connectivity index (χ1) is 16.0. The number of carbonyl (C=O) groups excluding carboxylic acids is 3. The van der Waals surface area contributed by atoms with E-state index in [2.05, 4.69) is 10.6 Å². The van der Waals surface area contributed by atoms with Crippen molar-refractivity contribution in [2.75, 3.05) is 43.5 Å². The van der Waals surface area contributed by atoms with Crippen molar-refractivity contribution in [1.29, 1.82) is 0 Å². The van der Waals surface area contributed by atoms with Gasteiger partial charge < -0.3 is 24.6 Å². The number of likely N-dealkylation sites (tertiary alicyclic amines) is 1. The maximum atomic E-state index is 13.0. The highest BCUT2D eigenvalue weighted by molar-refractivity contribution is 6.02. The van der Waals surface area contributed by atoms with Gasteiger partial charge in [-0.2, -0.15) is 0 Å². The topological polar surface area (TPSA) is 100 Å². The number of carbonyl (C=O) groups is 3. The molecule has 2 aliphatic rings. The first kappa shape index (κ1) is 22.4. The second-order valence-corrected chi connectivity index (χ2v) is 8.07. The third-order valence-electron chi connectivity index (χ3n) is 5.74. The van der Waals surface area contributed by atoms with E-state index in [0.717, 1.165) is 32.4 Å². The Bertz CT molecular complexity index is 1000. The highest BCUT2D eigenvalue weighted by atomic mass is 16.5. The number of benzene rings is 2. The first-order valence-corrected chi connectivity index (χ1v) is 11.1. The molecule has 0 bridgehead atoms. The van der Waals surface area contributed by atoms with Crippen molar-refractivity contribution in [3.05, 3.63) is 48.5 Å². The van der Waals surface area contributed by atoms with Crippen molar-refractivity contribution in [1.82, 2.24) is 10.2 Å². The number of ether oxygens (including phenoxy) is 2. The molecular formula is C24H28N4O5. The van der Waals surface area contributed by atoms with Crippen LogP contribution in [-0.2, 0) is 9.59 Å². The van der Waals surface area contributed by atoms with Gasteiger partial charge in [0, 0.05) is 18.8 Å². The molecule has 2 N–H and O–H groups in total. The average Bonchev–Trinajstić information content (AvgIpc) is 2.84. The van der Waals surface area contributed by atoms with Crippen LogP contribution >= 0.6 is 0 Å². The third-order valence-corrected chi connectivity index (χ3v) is 5.74. The van der Waals surface area contributed by atoms with Gasteiger partial charge in [-0.3, -0.25) is 14.9 Å². The normalized spacial score (nSPS) is 17.4.